The lowest BCUT2D eigenvalue weighted by Crippen LogP contribution is -2.24. The van der Waals surface area contributed by atoms with Crippen LogP contribution in [-0.4, -0.2) is 17.7 Å². The zero-order chi connectivity index (χ0) is 24.2. The lowest BCUT2D eigenvalue weighted by atomic mass is 9.70. The highest BCUT2D eigenvalue weighted by Gasteiger charge is 2.34. The summed E-state index contributed by atoms with van der Waals surface area (Å²) in [6.07, 6.45) is 7.57. The Labute approximate surface area is 199 Å². The first-order valence-corrected chi connectivity index (χ1v) is 11.9. The Kier molecular flexibility index (Phi) is 8.69. The second-order valence-electron chi connectivity index (χ2n) is 9.06. The van der Waals surface area contributed by atoms with Gasteiger partial charge in [-0.1, -0.05) is 46.8 Å². The van der Waals surface area contributed by atoms with Gasteiger partial charge >= 0.3 is 5.97 Å². The predicted octanol–water partition coefficient (Wildman–Crippen LogP) is 8.25. The third-order valence-corrected chi connectivity index (χ3v) is 6.52. The van der Waals surface area contributed by atoms with Crippen molar-refractivity contribution in [2.24, 2.45) is 5.92 Å². The number of ether oxygens (including phenoxy) is 1. The molecule has 5 heteroatoms. The van der Waals surface area contributed by atoms with Gasteiger partial charge in [-0.2, -0.15) is 0 Å². The number of benzene rings is 1. The molecule has 0 radical (unpaired) electrons. The second-order valence-corrected chi connectivity index (χ2v) is 9.86. The van der Waals surface area contributed by atoms with Crippen molar-refractivity contribution in [2.45, 2.75) is 66.7 Å². The summed E-state index contributed by atoms with van der Waals surface area (Å²) in [4.78, 5) is 10.9. The molecule has 174 valence electrons. The van der Waals surface area contributed by atoms with Crippen LogP contribution in [-0.2, 0) is 10.2 Å². The average Bonchev–Trinajstić information content (AvgIpc) is 2.68. The van der Waals surface area contributed by atoms with Gasteiger partial charge in [0.05, 0.1) is 11.1 Å². The molecule has 0 spiro atoms. The summed E-state index contributed by atoms with van der Waals surface area (Å²) in [7, 11) is 0. The van der Waals surface area contributed by atoms with E-state index in [0.29, 0.717) is 35.8 Å². The molecule has 1 aromatic carbocycles. The van der Waals surface area contributed by atoms with E-state index >= 15 is 4.39 Å². The highest BCUT2D eigenvalue weighted by atomic mass is 79.9. The molecule has 1 N–H and O–H groups in total. The number of rotatable bonds is 8. The highest BCUT2D eigenvalue weighted by molar-refractivity contribution is 9.10. The highest BCUT2D eigenvalue weighted by Crippen LogP contribution is 2.50. The van der Waals surface area contributed by atoms with Gasteiger partial charge in [-0.25, -0.2) is 9.18 Å². The van der Waals surface area contributed by atoms with Crippen molar-refractivity contribution in [2.75, 3.05) is 6.61 Å². The third-order valence-electron chi connectivity index (χ3n) is 5.76. The molecule has 0 aliphatic heterocycles. The first-order chi connectivity index (χ1) is 14.9. The van der Waals surface area contributed by atoms with Gasteiger partial charge in [-0.05, 0) is 93.9 Å². The van der Waals surface area contributed by atoms with E-state index in [2.05, 4.69) is 55.8 Å². The van der Waals surface area contributed by atoms with E-state index < -0.39 is 11.8 Å². The van der Waals surface area contributed by atoms with E-state index in [0.717, 1.165) is 28.1 Å². The van der Waals surface area contributed by atoms with E-state index in [1.165, 1.54) is 23.3 Å². The van der Waals surface area contributed by atoms with Crippen LogP contribution in [0.3, 0.4) is 0 Å². The molecular formula is C27H34BrFO3. The maximum atomic E-state index is 15.4. The molecule has 3 nitrogen and oxygen atoms in total. The summed E-state index contributed by atoms with van der Waals surface area (Å²) in [6, 6.07) is 2.07. The summed E-state index contributed by atoms with van der Waals surface area (Å²) in [5, 5.41) is 8.89. The maximum Gasteiger partial charge on any atom is 0.328 e. The number of aliphatic carboxylic acids is 1. The summed E-state index contributed by atoms with van der Waals surface area (Å²) < 4.78 is 22.3. The molecule has 0 amide bonds. The molecule has 1 aromatic rings. The Hall–Kier alpha value is -2.14. The quantitative estimate of drug-likeness (QED) is 0.286. The summed E-state index contributed by atoms with van der Waals surface area (Å²) in [5.41, 5.74) is 5.23. The summed E-state index contributed by atoms with van der Waals surface area (Å²) >= 11 is 3.82. The molecule has 0 aromatic heterocycles. The summed E-state index contributed by atoms with van der Waals surface area (Å²) in [6.45, 7) is 14.7. The molecule has 0 saturated carbocycles. The lowest BCUT2D eigenvalue weighted by molar-refractivity contribution is -0.131. The molecule has 0 unspecified atom stereocenters. The Balaban J connectivity index is 2.81. The Bertz CT molecular complexity index is 1010. The Morgan fingerprint density at radius 2 is 1.97 bits per heavy atom. The van der Waals surface area contributed by atoms with Crippen LogP contribution >= 0.6 is 15.9 Å². The number of hydrogen-bond acceptors (Lipinski definition) is 2. The SMILES string of the molecule is CCOc1c(\C(CC)=C(F)/C=C/C(C)=C/C(=O)O)cc2c(c1Br)C(C)(C)CC=C2C(C)C. The number of hydrogen-bond donors (Lipinski definition) is 1. The van der Waals surface area contributed by atoms with Crippen molar-refractivity contribution >= 4 is 33.0 Å². The van der Waals surface area contributed by atoms with E-state index in [1.54, 1.807) is 6.92 Å². The molecule has 32 heavy (non-hydrogen) atoms. The van der Waals surface area contributed by atoms with Gasteiger partial charge in [0.25, 0.3) is 0 Å². The van der Waals surface area contributed by atoms with Crippen LogP contribution in [0.15, 0.2) is 46.2 Å². The monoisotopic (exact) mass is 504 g/mol. The largest absolute Gasteiger partial charge is 0.492 e. The minimum atomic E-state index is -1.06. The zero-order valence-corrected chi connectivity index (χ0v) is 21.7. The van der Waals surface area contributed by atoms with E-state index in [1.807, 2.05) is 13.8 Å². The fourth-order valence-corrected chi connectivity index (χ4v) is 5.27. The number of fused-ring (bicyclic) bond motifs is 1. The van der Waals surface area contributed by atoms with Gasteiger partial charge in [-0.3, -0.25) is 0 Å². The van der Waals surface area contributed by atoms with E-state index in [4.69, 9.17) is 9.84 Å². The van der Waals surface area contributed by atoms with Gasteiger partial charge in [0, 0.05) is 11.6 Å². The number of carboxylic acids is 1. The minimum absolute atomic E-state index is 0.0792. The van der Waals surface area contributed by atoms with Crippen LogP contribution in [0.5, 0.6) is 5.75 Å². The van der Waals surface area contributed by atoms with Crippen molar-refractivity contribution in [3.05, 3.63) is 62.9 Å². The minimum Gasteiger partial charge on any atom is -0.492 e. The molecule has 2 rings (SSSR count). The normalized spacial score (nSPS) is 16.7. The van der Waals surface area contributed by atoms with Crippen molar-refractivity contribution in [3.63, 3.8) is 0 Å². The van der Waals surface area contributed by atoms with Crippen LogP contribution in [0, 0.1) is 5.92 Å². The standard InChI is InChI=1S/C27H34BrFO3/c1-8-18(22(29)11-10-17(5)14-23(30)31)21-15-20-19(16(3)4)12-13-27(6,7)24(20)25(28)26(21)32-9-2/h10-12,14-16H,8-9,13H2,1-7H3,(H,30,31)/b11-10+,17-14+,22-18+. The number of carboxylic acid groups (broad SMARTS) is 1. The zero-order valence-electron chi connectivity index (χ0n) is 20.1. The van der Waals surface area contributed by atoms with Crippen molar-refractivity contribution < 1.29 is 19.0 Å². The number of carbonyl (C=O) groups is 1. The van der Waals surface area contributed by atoms with E-state index in [9.17, 15) is 4.79 Å². The van der Waals surface area contributed by atoms with Gasteiger partial charge in [0.2, 0.25) is 0 Å². The first kappa shape index (κ1) is 26.1. The van der Waals surface area contributed by atoms with Crippen molar-refractivity contribution in [1.29, 1.82) is 0 Å². The van der Waals surface area contributed by atoms with Gasteiger partial charge in [0.1, 0.15) is 11.6 Å². The average molecular weight is 505 g/mol. The van der Waals surface area contributed by atoms with Crippen LogP contribution in [0.1, 0.15) is 78.0 Å². The number of halogens is 2. The summed E-state index contributed by atoms with van der Waals surface area (Å²) in [5.74, 6) is -0.462. The van der Waals surface area contributed by atoms with Crippen LogP contribution < -0.4 is 4.74 Å². The van der Waals surface area contributed by atoms with Crippen LogP contribution in [0.4, 0.5) is 4.39 Å². The topological polar surface area (TPSA) is 46.5 Å². The van der Waals surface area contributed by atoms with Gasteiger partial charge < -0.3 is 9.84 Å². The number of allylic oxidation sites excluding steroid dienone is 7. The van der Waals surface area contributed by atoms with Crippen molar-refractivity contribution in [3.8, 4) is 5.75 Å². The van der Waals surface area contributed by atoms with Gasteiger partial charge in [-0.15, -0.1) is 0 Å². The molecular weight excluding hydrogens is 471 g/mol. The molecule has 0 heterocycles. The lowest BCUT2D eigenvalue weighted by Gasteiger charge is -2.36. The molecule has 0 saturated heterocycles. The second kappa shape index (κ2) is 10.7. The first-order valence-electron chi connectivity index (χ1n) is 11.1. The van der Waals surface area contributed by atoms with Crippen molar-refractivity contribution in [1.82, 2.24) is 0 Å². The molecule has 1 aliphatic carbocycles. The molecule has 1 aliphatic rings. The smallest absolute Gasteiger partial charge is 0.328 e. The van der Waals surface area contributed by atoms with Gasteiger partial charge in [0.15, 0.2) is 0 Å². The predicted molar refractivity (Wildman–Crippen MR) is 135 cm³/mol. The fourth-order valence-electron chi connectivity index (χ4n) is 4.19. The Morgan fingerprint density at radius 1 is 1.31 bits per heavy atom. The third kappa shape index (κ3) is 5.61. The molecule has 0 fully saturated rings. The maximum absolute atomic E-state index is 15.4. The molecule has 0 atom stereocenters. The van der Waals surface area contributed by atoms with Crippen LogP contribution in [0.2, 0.25) is 0 Å². The molecule has 0 bridgehead atoms. The van der Waals surface area contributed by atoms with E-state index in [-0.39, 0.29) is 5.41 Å². The Morgan fingerprint density at radius 3 is 2.50 bits per heavy atom. The fraction of sp³-hybridized carbons (Fsp3) is 0.444. The van der Waals surface area contributed by atoms with Crippen LogP contribution in [0.25, 0.3) is 11.1 Å².